The minimum Gasteiger partial charge on any atom is -0.383 e. The number of rotatable bonds is 6. The maximum Gasteiger partial charge on any atom is 0.114 e. The third-order valence-corrected chi connectivity index (χ3v) is 3.01. The average molecular weight is 261 g/mol. The van der Waals surface area contributed by atoms with Crippen molar-refractivity contribution in [2.45, 2.75) is 25.5 Å². The van der Waals surface area contributed by atoms with Crippen molar-refractivity contribution in [2.24, 2.45) is 0 Å². The van der Waals surface area contributed by atoms with E-state index in [1.54, 1.807) is 24.9 Å². The van der Waals surface area contributed by atoms with E-state index in [0.29, 0.717) is 25.3 Å². The van der Waals surface area contributed by atoms with Crippen molar-refractivity contribution in [2.75, 3.05) is 13.7 Å². The predicted molar refractivity (Wildman–Crippen MR) is 71.6 cm³/mol. The van der Waals surface area contributed by atoms with Crippen LogP contribution in [-0.4, -0.2) is 33.8 Å². The second kappa shape index (κ2) is 5.95. The lowest BCUT2D eigenvalue weighted by atomic mass is 9.94. The van der Waals surface area contributed by atoms with E-state index in [1.807, 2.05) is 30.3 Å². The summed E-state index contributed by atoms with van der Waals surface area (Å²) in [7, 11) is 1.64. The molecule has 1 atom stereocenters. The van der Waals surface area contributed by atoms with Crippen molar-refractivity contribution >= 4 is 0 Å². The van der Waals surface area contributed by atoms with Crippen LogP contribution in [0.2, 0.25) is 0 Å². The largest absolute Gasteiger partial charge is 0.383 e. The maximum atomic E-state index is 10.5. The molecule has 0 saturated heterocycles. The molecule has 2 aromatic rings. The summed E-state index contributed by atoms with van der Waals surface area (Å²) in [4.78, 5) is 0. The zero-order valence-corrected chi connectivity index (χ0v) is 11.3. The Kier molecular flexibility index (Phi) is 4.29. The summed E-state index contributed by atoms with van der Waals surface area (Å²) in [6.45, 7) is 2.96. The Labute approximate surface area is 112 Å². The monoisotopic (exact) mass is 261 g/mol. The lowest BCUT2D eigenvalue weighted by Gasteiger charge is -2.20. The van der Waals surface area contributed by atoms with Gasteiger partial charge in [0.25, 0.3) is 0 Å². The summed E-state index contributed by atoms with van der Waals surface area (Å²) in [5.41, 5.74) is 0.624. The Morgan fingerprint density at radius 1 is 1.32 bits per heavy atom. The van der Waals surface area contributed by atoms with E-state index >= 15 is 0 Å². The number of methoxy groups -OCH3 is 1. The predicted octanol–water partition coefficient (Wildman–Crippen LogP) is 1.37. The second-order valence-electron chi connectivity index (χ2n) is 4.80. The van der Waals surface area contributed by atoms with Gasteiger partial charge < -0.3 is 9.84 Å². The van der Waals surface area contributed by atoms with Gasteiger partial charge in [0.15, 0.2) is 0 Å². The van der Waals surface area contributed by atoms with Gasteiger partial charge in [-0.15, -0.1) is 5.10 Å². The van der Waals surface area contributed by atoms with E-state index in [1.165, 1.54) is 0 Å². The minimum atomic E-state index is -1.02. The lowest BCUT2D eigenvalue weighted by molar-refractivity contribution is 0.0529. The van der Waals surface area contributed by atoms with Crippen LogP contribution >= 0.6 is 0 Å². The van der Waals surface area contributed by atoms with Gasteiger partial charge in [-0.25, -0.2) is 4.68 Å². The normalized spacial score (nSPS) is 14.3. The van der Waals surface area contributed by atoms with Gasteiger partial charge in [-0.2, -0.15) is 0 Å². The first-order chi connectivity index (χ1) is 9.12. The molecule has 0 aliphatic rings. The lowest BCUT2D eigenvalue weighted by Crippen LogP contribution is -2.24. The molecule has 5 heteroatoms. The highest BCUT2D eigenvalue weighted by atomic mass is 16.5. The SMILES string of the molecule is COCCn1cc(C(C)(O)Cc2ccccc2)nn1. The van der Waals surface area contributed by atoms with Crippen LogP contribution < -0.4 is 0 Å². The number of aromatic nitrogens is 3. The van der Waals surface area contributed by atoms with Gasteiger partial charge in [0.05, 0.1) is 19.3 Å². The fourth-order valence-corrected chi connectivity index (χ4v) is 1.92. The van der Waals surface area contributed by atoms with Crippen LogP contribution in [0.3, 0.4) is 0 Å². The van der Waals surface area contributed by atoms with Crippen LogP contribution in [-0.2, 0) is 23.3 Å². The standard InChI is InChI=1S/C14H19N3O2/c1-14(18,10-12-6-4-3-5-7-12)13-11-17(16-15-13)8-9-19-2/h3-7,11,18H,8-10H2,1-2H3. The van der Waals surface area contributed by atoms with Crippen LogP contribution in [0.4, 0.5) is 0 Å². The Hall–Kier alpha value is -1.72. The first-order valence-electron chi connectivity index (χ1n) is 6.28. The molecule has 19 heavy (non-hydrogen) atoms. The fourth-order valence-electron chi connectivity index (χ4n) is 1.92. The van der Waals surface area contributed by atoms with Crippen molar-refractivity contribution in [1.82, 2.24) is 15.0 Å². The van der Waals surface area contributed by atoms with Crippen molar-refractivity contribution in [1.29, 1.82) is 0 Å². The molecule has 1 N–H and O–H groups in total. The number of aliphatic hydroxyl groups is 1. The molecule has 0 aliphatic heterocycles. The summed E-state index contributed by atoms with van der Waals surface area (Å²) >= 11 is 0. The van der Waals surface area contributed by atoms with Crippen LogP contribution in [0.15, 0.2) is 36.5 Å². The van der Waals surface area contributed by atoms with Gasteiger partial charge in [-0.3, -0.25) is 0 Å². The molecule has 0 spiro atoms. The summed E-state index contributed by atoms with van der Waals surface area (Å²) in [6.07, 6.45) is 2.28. The van der Waals surface area contributed by atoms with Crippen LogP contribution in [0.25, 0.3) is 0 Å². The summed E-state index contributed by atoms with van der Waals surface area (Å²) in [5.74, 6) is 0. The van der Waals surface area contributed by atoms with E-state index in [9.17, 15) is 5.11 Å². The third kappa shape index (κ3) is 3.62. The molecule has 1 unspecified atom stereocenters. The Morgan fingerprint density at radius 3 is 2.74 bits per heavy atom. The molecular formula is C14H19N3O2. The van der Waals surface area contributed by atoms with Crippen LogP contribution in [0.1, 0.15) is 18.2 Å². The number of nitrogens with zero attached hydrogens (tertiary/aromatic N) is 3. The average Bonchev–Trinajstić information content (AvgIpc) is 2.86. The zero-order chi connectivity index (χ0) is 13.7. The number of hydrogen-bond acceptors (Lipinski definition) is 4. The van der Waals surface area contributed by atoms with E-state index < -0.39 is 5.60 Å². The van der Waals surface area contributed by atoms with E-state index in [2.05, 4.69) is 10.3 Å². The Bertz CT molecular complexity index is 508. The van der Waals surface area contributed by atoms with Gasteiger partial charge in [-0.05, 0) is 12.5 Å². The van der Waals surface area contributed by atoms with Crippen molar-refractivity contribution in [3.63, 3.8) is 0 Å². The van der Waals surface area contributed by atoms with E-state index in [4.69, 9.17) is 4.74 Å². The van der Waals surface area contributed by atoms with Gasteiger partial charge in [0, 0.05) is 13.5 Å². The number of benzene rings is 1. The molecule has 102 valence electrons. The molecule has 2 rings (SSSR count). The van der Waals surface area contributed by atoms with Crippen LogP contribution in [0, 0.1) is 0 Å². The highest BCUT2D eigenvalue weighted by Crippen LogP contribution is 2.23. The van der Waals surface area contributed by atoms with Crippen molar-refractivity contribution < 1.29 is 9.84 Å². The first kappa shape index (κ1) is 13.7. The maximum absolute atomic E-state index is 10.5. The quantitative estimate of drug-likeness (QED) is 0.853. The zero-order valence-electron chi connectivity index (χ0n) is 11.3. The Morgan fingerprint density at radius 2 is 2.05 bits per heavy atom. The summed E-state index contributed by atoms with van der Waals surface area (Å²) in [5, 5.41) is 18.6. The smallest absolute Gasteiger partial charge is 0.114 e. The molecule has 0 saturated carbocycles. The van der Waals surface area contributed by atoms with Gasteiger partial charge >= 0.3 is 0 Å². The highest BCUT2D eigenvalue weighted by Gasteiger charge is 2.27. The fraction of sp³-hybridized carbons (Fsp3) is 0.429. The topological polar surface area (TPSA) is 60.2 Å². The molecular weight excluding hydrogens is 242 g/mol. The first-order valence-corrected chi connectivity index (χ1v) is 6.28. The molecule has 0 aliphatic carbocycles. The van der Waals surface area contributed by atoms with Gasteiger partial charge in [0.2, 0.25) is 0 Å². The minimum absolute atomic E-state index is 0.511. The molecule has 1 heterocycles. The molecule has 0 amide bonds. The summed E-state index contributed by atoms with van der Waals surface area (Å²) < 4.78 is 6.66. The molecule has 0 radical (unpaired) electrons. The molecule has 1 aromatic heterocycles. The highest BCUT2D eigenvalue weighted by molar-refractivity contribution is 5.19. The molecule has 0 fully saturated rings. The third-order valence-electron chi connectivity index (χ3n) is 3.01. The summed E-state index contributed by atoms with van der Waals surface area (Å²) in [6, 6.07) is 9.86. The molecule has 1 aromatic carbocycles. The Balaban J connectivity index is 2.08. The van der Waals surface area contributed by atoms with Gasteiger partial charge in [0.1, 0.15) is 11.3 Å². The van der Waals surface area contributed by atoms with Crippen LogP contribution in [0.5, 0.6) is 0 Å². The molecule has 0 bridgehead atoms. The van der Waals surface area contributed by atoms with Crippen molar-refractivity contribution in [3.05, 3.63) is 47.8 Å². The van der Waals surface area contributed by atoms with Gasteiger partial charge in [-0.1, -0.05) is 35.5 Å². The van der Waals surface area contributed by atoms with Crippen molar-refractivity contribution in [3.8, 4) is 0 Å². The number of hydrogen-bond donors (Lipinski definition) is 1. The van der Waals surface area contributed by atoms with E-state index in [-0.39, 0.29) is 0 Å². The number of ether oxygens (including phenoxy) is 1. The second-order valence-corrected chi connectivity index (χ2v) is 4.80. The van der Waals surface area contributed by atoms with E-state index in [0.717, 1.165) is 5.56 Å². The molecule has 5 nitrogen and oxygen atoms in total.